The molecule has 0 saturated heterocycles. The van der Waals surface area contributed by atoms with Crippen LogP contribution in [0.3, 0.4) is 0 Å². The number of aromatic nitrogens is 4. The number of nitrogens with zero attached hydrogens (tertiary/aromatic N) is 3. The average molecular weight is 759 g/mol. The lowest BCUT2D eigenvalue weighted by Gasteiger charge is -2.21. The van der Waals surface area contributed by atoms with Gasteiger partial charge in [0, 0.05) is 54.5 Å². The summed E-state index contributed by atoms with van der Waals surface area (Å²) >= 11 is 0. The summed E-state index contributed by atoms with van der Waals surface area (Å²) in [6.07, 6.45) is 0. The van der Waals surface area contributed by atoms with Gasteiger partial charge in [-0.25, -0.2) is 4.98 Å². The third kappa shape index (κ3) is 4.57. The summed E-state index contributed by atoms with van der Waals surface area (Å²) < 4.78 is 15.1. The molecule has 0 atom stereocenters. The summed E-state index contributed by atoms with van der Waals surface area (Å²) in [5.74, 6) is 1.28. The summed E-state index contributed by atoms with van der Waals surface area (Å²) in [7, 11) is 0. The fourth-order valence-corrected chi connectivity index (χ4v) is 9.83. The zero-order valence-electron chi connectivity index (χ0n) is 32.2. The fourth-order valence-electron chi connectivity index (χ4n) is 9.83. The Labute approximate surface area is 338 Å². The van der Waals surface area contributed by atoms with Crippen molar-refractivity contribution >= 4 is 65.7 Å². The molecule has 1 aliphatic carbocycles. The van der Waals surface area contributed by atoms with Crippen LogP contribution in [-0.2, 0) is 5.41 Å². The lowest BCUT2D eigenvalue weighted by atomic mass is 9.82. The number of hydrogen-bond acceptors (Lipinski definition) is 4. The van der Waals surface area contributed by atoms with Crippen LogP contribution in [0.15, 0.2) is 173 Å². The number of fused-ring (bicyclic) bond motifs is 12. The highest BCUT2D eigenvalue weighted by molar-refractivity contribution is 6.15. The third-order valence-corrected chi connectivity index (χ3v) is 12.7. The predicted molar refractivity (Wildman–Crippen MR) is 239 cm³/mol. The van der Waals surface area contributed by atoms with Crippen molar-refractivity contribution in [3.8, 4) is 50.7 Å². The molecule has 6 nitrogen and oxygen atoms in total. The maximum atomic E-state index is 6.46. The second kappa shape index (κ2) is 11.7. The fraction of sp³-hybridized carbons (Fsp3) is 0.0566. The van der Waals surface area contributed by atoms with Crippen molar-refractivity contribution in [2.24, 2.45) is 0 Å². The monoisotopic (exact) mass is 758 g/mol. The van der Waals surface area contributed by atoms with Crippen molar-refractivity contribution in [1.29, 1.82) is 0 Å². The highest BCUT2D eigenvalue weighted by atomic mass is 16.3. The van der Waals surface area contributed by atoms with Crippen molar-refractivity contribution in [3.05, 3.63) is 175 Å². The van der Waals surface area contributed by atoms with Gasteiger partial charge in [0.1, 0.15) is 22.3 Å². The standard InChI is InChI=1S/C53H34N4O2/c1-53(2)42-16-8-6-13-34(42)38-29-45-40(28-43(38)53)39-25-30(20-23-44(39)57(45)33-11-4-3-5-12-33)31-21-24-47-41(26-31)50-37(15-10-18-48(50)58-47)52-54-51(55-56-52)32-19-22-36-35-14-7-9-17-46(35)59-49(36)27-32/h3-29H,1-2H3,(H,54,55,56). The number of furan rings is 2. The summed E-state index contributed by atoms with van der Waals surface area (Å²) in [4.78, 5) is 5.01. The van der Waals surface area contributed by atoms with Crippen LogP contribution >= 0.6 is 0 Å². The molecule has 1 N–H and O–H groups in total. The van der Waals surface area contributed by atoms with Crippen LogP contribution in [0.4, 0.5) is 0 Å². The van der Waals surface area contributed by atoms with E-state index >= 15 is 0 Å². The summed E-state index contributed by atoms with van der Waals surface area (Å²) in [5, 5.41) is 14.6. The molecule has 0 aliphatic heterocycles. The van der Waals surface area contributed by atoms with Gasteiger partial charge >= 0.3 is 0 Å². The highest BCUT2D eigenvalue weighted by Gasteiger charge is 2.36. The average Bonchev–Trinajstić information content (AvgIpc) is 4.10. The molecule has 8 aromatic carbocycles. The molecule has 0 spiro atoms. The van der Waals surface area contributed by atoms with Crippen LogP contribution < -0.4 is 0 Å². The first-order valence-corrected chi connectivity index (χ1v) is 20.1. The molecule has 1 aliphatic rings. The van der Waals surface area contributed by atoms with Gasteiger partial charge in [0.2, 0.25) is 0 Å². The van der Waals surface area contributed by atoms with Crippen LogP contribution in [0.1, 0.15) is 25.0 Å². The third-order valence-electron chi connectivity index (χ3n) is 12.7. The van der Waals surface area contributed by atoms with Crippen LogP contribution in [0.25, 0.3) is 116 Å². The number of aromatic amines is 1. The molecule has 278 valence electrons. The molecule has 6 heteroatoms. The number of rotatable bonds is 4. The van der Waals surface area contributed by atoms with Crippen molar-refractivity contribution in [2.45, 2.75) is 19.3 Å². The van der Waals surface area contributed by atoms with Gasteiger partial charge in [-0.1, -0.05) is 105 Å². The second-order valence-corrected chi connectivity index (χ2v) is 16.3. The van der Waals surface area contributed by atoms with Crippen LogP contribution in [0.5, 0.6) is 0 Å². The van der Waals surface area contributed by atoms with Gasteiger partial charge in [-0.2, -0.15) is 5.10 Å². The lowest BCUT2D eigenvalue weighted by Crippen LogP contribution is -2.14. The van der Waals surface area contributed by atoms with Gasteiger partial charge in [-0.15, -0.1) is 0 Å². The first-order valence-electron chi connectivity index (χ1n) is 20.1. The molecule has 0 amide bonds. The van der Waals surface area contributed by atoms with E-state index in [2.05, 4.69) is 151 Å². The van der Waals surface area contributed by atoms with E-state index in [0.29, 0.717) is 11.6 Å². The van der Waals surface area contributed by atoms with E-state index in [1.807, 2.05) is 36.4 Å². The smallest absolute Gasteiger partial charge is 0.182 e. The molecule has 4 heterocycles. The Morgan fingerprint density at radius 3 is 2.08 bits per heavy atom. The first-order chi connectivity index (χ1) is 29.0. The van der Waals surface area contributed by atoms with Gasteiger partial charge < -0.3 is 13.4 Å². The van der Waals surface area contributed by atoms with Crippen molar-refractivity contribution in [1.82, 2.24) is 19.7 Å². The molecular formula is C53H34N4O2. The molecule has 0 radical (unpaired) electrons. The molecule has 0 fully saturated rings. The van der Waals surface area contributed by atoms with E-state index in [4.69, 9.17) is 18.9 Å². The maximum absolute atomic E-state index is 6.46. The van der Waals surface area contributed by atoms with Crippen LogP contribution in [-0.4, -0.2) is 19.7 Å². The number of hydrogen-bond donors (Lipinski definition) is 1. The van der Waals surface area contributed by atoms with E-state index in [9.17, 15) is 0 Å². The largest absolute Gasteiger partial charge is 0.456 e. The molecule has 12 aromatic rings. The van der Waals surface area contributed by atoms with Gasteiger partial charge in [-0.3, -0.25) is 5.10 Å². The van der Waals surface area contributed by atoms with E-state index in [-0.39, 0.29) is 5.41 Å². The molecular weight excluding hydrogens is 725 g/mol. The highest BCUT2D eigenvalue weighted by Crippen LogP contribution is 2.51. The van der Waals surface area contributed by atoms with Crippen LogP contribution in [0.2, 0.25) is 0 Å². The minimum absolute atomic E-state index is 0.101. The van der Waals surface area contributed by atoms with Crippen molar-refractivity contribution in [3.63, 3.8) is 0 Å². The maximum Gasteiger partial charge on any atom is 0.182 e. The minimum atomic E-state index is -0.101. The molecule has 4 aromatic heterocycles. The Hall–Kier alpha value is -7.70. The molecule has 13 rings (SSSR count). The Balaban J connectivity index is 0.954. The molecule has 59 heavy (non-hydrogen) atoms. The summed E-state index contributed by atoms with van der Waals surface area (Å²) in [6.45, 7) is 4.70. The minimum Gasteiger partial charge on any atom is -0.456 e. The van der Waals surface area contributed by atoms with Crippen molar-refractivity contribution < 1.29 is 8.83 Å². The van der Waals surface area contributed by atoms with Gasteiger partial charge in [0.25, 0.3) is 0 Å². The van der Waals surface area contributed by atoms with Crippen LogP contribution in [0, 0.1) is 0 Å². The van der Waals surface area contributed by atoms with Crippen molar-refractivity contribution in [2.75, 3.05) is 0 Å². The molecule has 0 bridgehead atoms. The first kappa shape index (κ1) is 32.4. The number of benzene rings is 8. The normalized spacial score (nSPS) is 13.4. The van der Waals surface area contributed by atoms with Gasteiger partial charge in [0.15, 0.2) is 11.6 Å². The predicted octanol–water partition coefficient (Wildman–Crippen LogP) is 14.0. The zero-order chi connectivity index (χ0) is 39.0. The molecule has 0 saturated carbocycles. The number of nitrogens with one attached hydrogen (secondary N) is 1. The Kier molecular flexibility index (Phi) is 6.41. The van der Waals surface area contributed by atoms with Gasteiger partial charge in [-0.05, 0) is 106 Å². The Morgan fingerprint density at radius 1 is 0.475 bits per heavy atom. The topological polar surface area (TPSA) is 72.8 Å². The second-order valence-electron chi connectivity index (χ2n) is 16.3. The summed E-state index contributed by atoms with van der Waals surface area (Å²) in [6, 6.07) is 58.2. The Bertz CT molecular complexity index is 3710. The van der Waals surface area contributed by atoms with E-state index in [1.165, 1.54) is 44.1 Å². The SMILES string of the molecule is CC1(C)c2ccccc2-c2cc3c(cc21)c1cc(-c2ccc4oc5cccc(-c6n[nH]c(-c7ccc8c(c7)oc7ccccc78)n6)c5c4c2)ccc1n3-c1ccccc1. The quantitative estimate of drug-likeness (QED) is 0.194. The molecule has 0 unspecified atom stereocenters. The van der Waals surface area contributed by atoms with Gasteiger partial charge in [0.05, 0.1) is 11.0 Å². The lowest BCUT2D eigenvalue weighted by molar-refractivity contribution is 0.661. The summed E-state index contributed by atoms with van der Waals surface area (Å²) in [5.41, 5.74) is 16.2. The van der Waals surface area contributed by atoms with E-state index < -0.39 is 0 Å². The number of H-pyrrole nitrogens is 1. The van der Waals surface area contributed by atoms with E-state index in [0.717, 1.165) is 71.8 Å². The Morgan fingerprint density at radius 2 is 1.17 bits per heavy atom. The zero-order valence-corrected chi connectivity index (χ0v) is 32.2. The number of para-hydroxylation sites is 2. The van der Waals surface area contributed by atoms with E-state index in [1.54, 1.807) is 0 Å².